The molecule has 4 heterocycles. The Kier molecular flexibility index (Phi) is 5.39. The molecule has 0 spiro atoms. The van der Waals surface area contributed by atoms with Crippen molar-refractivity contribution in [3.05, 3.63) is 89.5 Å². The second-order valence-corrected chi connectivity index (χ2v) is 8.51. The average molecular weight is 465 g/mol. The van der Waals surface area contributed by atoms with Crippen LogP contribution in [0.2, 0.25) is 0 Å². The van der Waals surface area contributed by atoms with Crippen LogP contribution < -0.4 is 15.2 Å². The first kappa shape index (κ1) is 21.3. The van der Waals surface area contributed by atoms with Crippen molar-refractivity contribution >= 4 is 27.5 Å². The highest BCUT2D eigenvalue weighted by Crippen LogP contribution is 2.30. The molecule has 174 valence electrons. The summed E-state index contributed by atoms with van der Waals surface area (Å²) in [4.78, 5) is 24.5. The van der Waals surface area contributed by atoms with E-state index in [4.69, 9.17) is 9.47 Å². The van der Waals surface area contributed by atoms with Crippen molar-refractivity contribution in [3.63, 3.8) is 0 Å². The minimum atomic E-state index is -0.0827. The van der Waals surface area contributed by atoms with Gasteiger partial charge in [0.05, 0.1) is 31.4 Å². The fourth-order valence-corrected chi connectivity index (χ4v) is 4.65. The van der Waals surface area contributed by atoms with E-state index < -0.39 is 0 Å². The van der Waals surface area contributed by atoms with Gasteiger partial charge in [-0.3, -0.25) is 14.3 Å². The highest BCUT2D eigenvalue weighted by Gasteiger charge is 2.14. The average Bonchev–Trinajstić information content (AvgIpc) is 2.93. The number of benzene rings is 2. The molecule has 35 heavy (non-hydrogen) atoms. The number of hydrogen-bond donors (Lipinski definition) is 0. The van der Waals surface area contributed by atoms with Gasteiger partial charge in [0.15, 0.2) is 0 Å². The quantitative estimate of drug-likeness (QED) is 0.366. The standard InChI is InChI=1S/C28H24N4O3/c1-34-26-10-3-20(17-30-26)19-2-9-25-24(16-19)28-21(18-29-25)4-11-27(33)32(28)23-7-5-22(6-8-23)31-12-14-35-15-13-31/h2-11,16-18H,12-15H2,1H3. The van der Waals surface area contributed by atoms with E-state index >= 15 is 0 Å². The molecule has 7 heteroatoms. The van der Waals surface area contributed by atoms with Gasteiger partial charge < -0.3 is 14.4 Å². The molecule has 0 bridgehead atoms. The van der Waals surface area contributed by atoms with Crippen LogP contribution in [0.5, 0.6) is 5.88 Å². The number of aromatic nitrogens is 3. The predicted molar refractivity (Wildman–Crippen MR) is 138 cm³/mol. The van der Waals surface area contributed by atoms with Crippen LogP contribution in [-0.2, 0) is 4.74 Å². The number of ether oxygens (including phenoxy) is 2. The number of anilines is 1. The highest BCUT2D eigenvalue weighted by molar-refractivity contribution is 6.05. The van der Waals surface area contributed by atoms with Gasteiger partial charge >= 0.3 is 0 Å². The molecular weight excluding hydrogens is 440 g/mol. The topological polar surface area (TPSA) is 69.5 Å². The number of pyridine rings is 3. The van der Waals surface area contributed by atoms with Crippen LogP contribution in [-0.4, -0.2) is 47.9 Å². The van der Waals surface area contributed by atoms with E-state index in [1.807, 2.05) is 48.7 Å². The Morgan fingerprint density at radius 2 is 1.60 bits per heavy atom. The number of morpholine rings is 1. The third-order valence-corrected chi connectivity index (χ3v) is 6.48. The zero-order valence-electron chi connectivity index (χ0n) is 19.3. The van der Waals surface area contributed by atoms with Gasteiger partial charge in [-0.05, 0) is 54.1 Å². The van der Waals surface area contributed by atoms with Crippen LogP contribution in [0.3, 0.4) is 0 Å². The number of hydrogen-bond acceptors (Lipinski definition) is 6. The lowest BCUT2D eigenvalue weighted by molar-refractivity contribution is 0.122. The van der Waals surface area contributed by atoms with Gasteiger partial charge in [0.25, 0.3) is 5.56 Å². The molecule has 2 aromatic carbocycles. The van der Waals surface area contributed by atoms with Crippen molar-refractivity contribution in [2.24, 2.45) is 0 Å². The Morgan fingerprint density at radius 1 is 0.829 bits per heavy atom. The maximum absolute atomic E-state index is 13.2. The number of rotatable bonds is 4. The summed E-state index contributed by atoms with van der Waals surface area (Å²) in [5.74, 6) is 0.566. The molecule has 1 saturated heterocycles. The van der Waals surface area contributed by atoms with E-state index in [2.05, 4.69) is 33.1 Å². The Labute approximate surface area is 202 Å². The monoisotopic (exact) mass is 464 g/mol. The number of methoxy groups -OCH3 is 1. The van der Waals surface area contributed by atoms with E-state index in [0.29, 0.717) is 5.88 Å². The maximum Gasteiger partial charge on any atom is 0.255 e. The SMILES string of the molecule is COc1ccc(-c2ccc3ncc4ccc(=O)n(-c5ccc(N6CCOCC6)cc5)c4c3c2)cn1. The maximum atomic E-state index is 13.2. The molecule has 5 aromatic rings. The Hall–Kier alpha value is -4.23. The van der Waals surface area contributed by atoms with Crippen molar-refractivity contribution < 1.29 is 9.47 Å². The minimum absolute atomic E-state index is 0.0827. The smallest absolute Gasteiger partial charge is 0.255 e. The molecule has 0 amide bonds. The van der Waals surface area contributed by atoms with Gasteiger partial charge in [-0.1, -0.05) is 6.07 Å². The molecule has 0 radical (unpaired) electrons. The first-order valence-electron chi connectivity index (χ1n) is 11.6. The summed E-state index contributed by atoms with van der Waals surface area (Å²) >= 11 is 0. The van der Waals surface area contributed by atoms with Gasteiger partial charge in [-0.2, -0.15) is 0 Å². The van der Waals surface area contributed by atoms with E-state index in [0.717, 1.165) is 70.6 Å². The molecule has 0 atom stereocenters. The highest BCUT2D eigenvalue weighted by atomic mass is 16.5. The zero-order valence-corrected chi connectivity index (χ0v) is 19.3. The van der Waals surface area contributed by atoms with Crippen LogP contribution >= 0.6 is 0 Å². The second-order valence-electron chi connectivity index (χ2n) is 8.51. The molecule has 1 aliphatic rings. The summed E-state index contributed by atoms with van der Waals surface area (Å²) in [6, 6.07) is 21.5. The van der Waals surface area contributed by atoms with Gasteiger partial charge in [-0.25, -0.2) is 4.98 Å². The second kappa shape index (κ2) is 8.85. The fraction of sp³-hybridized carbons (Fsp3) is 0.179. The molecule has 1 fully saturated rings. The Balaban J connectivity index is 1.51. The Bertz CT molecular complexity index is 1570. The first-order valence-corrected chi connectivity index (χ1v) is 11.6. The number of fused-ring (bicyclic) bond motifs is 3. The summed E-state index contributed by atoms with van der Waals surface area (Å²) in [7, 11) is 1.60. The van der Waals surface area contributed by atoms with Crippen LogP contribution in [0, 0.1) is 0 Å². The van der Waals surface area contributed by atoms with E-state index in [-0.39, 0.29) is 5.56 Å². The van der Waals surface area contributed by atoms with Gasteiger partial charge in [-0.15, -0.1) is 0 Å². The largest absolute Gasteiger partial charge is 0.481 e. The summed E-state index contributed by atoms with van der Waals surface area (Å²) in [5.41, 5.74) is 5.49. The molecule has 0 N–H and O–H groups in total. The molecule has 7 nitrogen and oxygen atoms in total. The van der Waals surface area contributed by atoms with Crippen molar-refractivity contribution in [2.45, 2.75) is 0 Å². The third-order valence-electron chi connectivity index (χ3n) is 6.48. The molecule has 1 aliphatic heterocycles. The van der Waals surface area contributed by atoms with E-state index in [1.165, 1.54) is 0 Å². The predicted octanol–water partition coefficient (Wildman–Crippen LogP) is 4.45. The van der Waals surface area contributed by atoms with Crippen molar-refractivity contribution in [1.82, 2.24) is 14.5 Å². The van der Waals surface area contributed by atoms with Crippen molar-refractivity contribution in [1.29, 1.82) is 0 Å². The summed E-state index contributed by atoms with van der Waals surface area (Å²) < 4.78 is 12.4. The summed E-state index contributed by atoms with van der Waals surface area (Å²) in [6.07, 6.45) is 3.61. The molecule has 3 aromatic heterocycles. The lowest BCUT2D eigenvalue weighted by atomic mass is 10.0. The third kappa shape index (κ3) is 3.90. The van der Waals surface area contributed by atoms with Crippen LogP contribution in [0.25, 0.3) is 38.6 Å². The molecule has 6 rings (SSSR count). The Morgan fingerprint density at radius 3 is 2.34 bits per heavy atom. The van der Waals surface area contributed by atoms with Crippen molar-refractivity contribution in [3.8, 4) is 22.7 Å². The summed E-state index contributed by atoms with van der Waals surface area (Å²) in [6.45, 7) is 3.20. The van der Waals surface area contributed by atoms with Gasteiger partial charge in [0.2, 0.25) is 5.88 Å². The molecule has 0 saturated carbocycles. The van der Waals surface area contributed by atoms with Crippen LogP contribution in [0.4, 0.5) is 5.69 Å². The number of nitrogens with zero attached hydrogens (tertiary/aromatic N) is 4. The van der Waals surface area contributed by atoms with Gasteiger partial charge in [0, 0.05) is 65.3 Å². The van der Waals surface area contributed by atoms with Crippen LogP contribution in [0.1, 0.15) is 0 Å². The van der Waals surface area contributed by atoms with Gasteiger partial charge in [0.1, 0.15) is 0 Å². The van der Waals surface area contributed by atoms with E-state index in [9.17, 15) is 4.79 Å². The molecule has 0 unspecified atom stereocenters. The first-order chi connectivity index (χ1) is 17.2. The van der Waals surface area contributed by atoms with E-state index in [1.54, 1.807) is 23.9 Å². The molecular formula is C28H24N4O3. The van der Waals surface area contributed by atoms with Crippen molar-refractivity contribution in [2.75, 3.05) is 38.3 Å². The summed E-state index contributed by atoms with van der Waals surface area (Å²) in [5, 5.41) is 1.81. The fourth-order valence-electron chi connectivity index (χ4n) is 4.65. The minimum Gasteiger partial charge on any atom is -0.481 e. The molecule has 0 aliphatic carbocycles. The normalized spacial score (nSPS) is 13.9. The zero-order chi connectivity index (χ0) is 23.8. The van der Waals surface area contributed by atoms with Crippen LogP contribution in [0.15, 0.2) is 83.9 Å². The lowest BCUT2D eigenvalue weighted by Gasteiger charge is -2.29. The lowest BCUT2D eigenvalue weighted by Crippen LogP contribution is -2.36.